The number of nitrogens with zero attached hydrogens (tertiary/aromatic N) is 2. The first-order chi connectivity index (χ1) is 8.20. The maximum atomic E-state index is 7.09. The molecule has 2 heteroatoms. The second-order valence-electron chi connectivity index (χ2n) is 4.39. The zero-order valence-electron chi connectivity index (χ0n) is 9.86. The number of fused-ring (bicyclic) bond motifs is 3. The Morgan fingerprint density at radius 2 is 1.82 bits per heavy atom. The van der Waals surface area contributed by atoms with Gasteiger partial charge in [0.05, 0.1) is 6.57 Å². The molecule has 0 saturated carbocycles. The van der Waals surface area contributed by atoms with Gasteiger partial charge in [-0.25, -0.2) is 4.85 Å². The van der Waals surface area contributed by atoms with Gasteiger partial charge in [-0.05, 0) is 36.1 Å². The summed E-state index contributed by atoms with van der Waals surface area (Å²) in [6.45, 7) is 9.19. The van der Waals surface area contributed by atoms with Crippen molar-refractivity contribution in [3.05, 3.63) is 53.4 Å². The third-order valence-electron chi connectivity index (χ3n) is 3.28. The molecule has 3 aromatic rings. The summed E-state index contributed by atoms with van der Waals surface area (Å²) in [5.74, 6) is 0. The molecule has 0 amide bonds. The fourth-order valence-electron chi connectivity index (χ4n) is 2.38. The van der Waals surface area contributed by atoms with Crippen LogP contribution in [-0.4, -0.2) is 4.57 Å². The van der Waals surface area contributed by atoms with E-state index in [-0.39, 0.29) is 0 Å². The average Bonchev–Trinajstić information content (AvgIpc) is 2.62. The van der Waals surface area contributed by atoms with Gasteiger partial charge in [0.25, 0.3) is 0 Å². The molecule has 0 fully saturated rings. The van der Waals surface area contributed by atoms with E-state index >= 15 is 0 Å². The van der Waals surface area contributed by atoms with Gasteiger partial charge in [-0.3, -0.25) is 0 Å². The van der Waals surface area contributed by atoms with Gasteiger partial charge in [0.2, 0.25) is 0 Å². The van der Waals surface area contributed by atoms with Crippen LogP contribution >= 0.6 is 0 Å². The van der Waals surface area contributed by atoms with Crippen molar-refractivity contribution in [3.63, 3.8) is 0 Å². The van der Waals surface area contributed by atoms with Crippen molar-refractivity contribution in [2.45, 2.75) is 6.92 Å². The summed E-state index contributed by atoms with van der Waals surface area (Å²) in [7, 11) is 2.07. The SMILES string of the molecule is [C-]#[N+]c1ccc2c(c1)c1ccc(C)cc1n2C. The van der Waals surface area contributed by atoms with E-state index in [0.717, 1.165) is 5.39 Å². The van der Waals surface area contributed by atoms with Crippen LogP contribution in [0.5, 0.6) is 0 Å². The summed E-state index contributed by atoms with van der Waals surface area (Å²) in [5.41, 5.74) is 4.36. The van der Waals surface area contributed by atoms with Crippen LogP contribution < -0.4 is 0 Å². The van der Waals surface area contributed by atoms with Crippen LogP contribution in [0.1, 0.15) is 5.56 Å². The van der Waals surface area contributed by atoms with E-state index < -0.39 is 0 Å². The van der Waals surface area contributed by atoms with Gasteiger partial charge in [-0.2, -0.15) is 0 Å². The van der Waals surface area contributed by atoms with Crippen LogP contribution in [0.4, 0.5) is 5.69 Å². The molecule has 0 radical (unpaired) electrons. The number of aromatic nitrogens is 1. The summed E-state index contributed by atoms with van der Waals surface area (Å²) >= 11 is 0. The highest BCUT2D eigenvalue weighted by Crippen LogP contribution is 2.31. The Hall–Kier alpha value is -2.27. The Kier molecular flexibility index (Phi) is 1.96. The first kappa shape index (κ1) is 9.92. The Morgan fingerprint density at radius 3 is 2.59 bits per heavy atom. The smallest absolute Gasteiger partial charge is 0.188 e. The van der Waals surface area contributed by atoms with Crippen molar-refractivity contribution < 1.29 is 0 Å². The van der Waals surface area contributed by atoms with Crippen molar-refractivity contribution in [3.8, 4) is 0 Å². The van der Waals surface area contributed by atoms with Crippen LogP contribution in [0.2, 0.25) is 0 Å². The number of benzene rings is 2. The number of aryl methyl sites for hydroxylation is 2. The first-order valence-electron chi connectivity index (χ1n) is 5.57. The third kappa shape index (κ3) is 1.33. The highest BCUT2D eigenvalue weighted by atomic mass is 14.9. The van der Waals surface area contributed by atoms with Gasteiger partial charge >= 0.3 is 0 Å². The summed E-state index contributed by atoms with van der Waals surface area (Å²) < 4.78 is 2.19. The topological polar surface area (TPSA) is 9.29 Å². The molecule has 1 aromatic heterocycles. The molecule has 17 heavy (non-hydrogen) atoms. The number of rotatable bonds is 0. The van der Waals surface area contributed by atoms with Gasteiger partial charge in [0.15, 0.2) is 5.69 Å². The fraction of sp³-hybridized carbons (Fsp3) is 0.133. The Labute approximate surface area is 99.9 Å². The standard InChI is InChI=1S/C15H12N2/c1-10-4-6-12-13-9-11(16-2)5-7-14(13)17(3)15(12)8-10/h4-9H,1,3H3. The van der Waals surface area contributed by atoms with Crippen LogP contribution in [0.15, 0.2) is 36.4 Å². The molecule has 0 aliphatic rings. The minimum absolute atomic E-state index is 0.700. The van der Waals surface area contributed by atoms with E-state index in [4.69, 9.17) is 6.57 Å². The van der Waals surface area contributed by atoms with Crippen LogP contribution in [0.25, 0.3) is 26.7 Å². The van der Waals surface area contributed by atoms with Gasteiger partial charge in [0, 0.05) is 23.5 Å². The van der Waals surface area contributed by atoms with Crippen molar-refractivity contribution in [1.29, 1.82) is 0 Å². The molecular formula is C15H12N2. The summed E-state index contributed by atoms with van der Waals surface area (Å²) in [4.78, 5) is 3.50. The lowest BCUT2D eigenvalue weighted by atomic mass is 10.1. The van der Waals surface area contributed by atoms with Gasteiger partial charge < -0.3 is 4.57 Å². The van der Waals surface area contributed by atoms with Gasteiger partial charge in [-0.15, -0.1) is 0 Å². The Morgan fingerprint density at radius 1 is 1.00 bits per heavy atom. The molecule has 3 rings (SSSR count). The molecule has 0 atom stereocenters. The second kappa shape index (κ2) is 3.36. The monoisotopic (exact) mass is 220 g/mol. The maximum Gasteiger partial charge on any atom is 0.188 e. The van der Waals surface area contributed by atoms with Crippen molar-refractivity contribution >= 4 is 27.5 Å². The van der Waals surface area contributed by atoms with E-state index in [0.29, 0.717) is 5.69 Å². The highest BCUT2D eigenvalue weighted by Gasteiger charge is 2.08. The molecule has 2 aromatic carbocycles. The largest absolute Gasteiger partial charge is 0.344 e. The Bertz CT molecular complexity index is 773. The fourth-order valence-corrected chi connectivity index (χ4v) is 2.38. The summed E-state index contributed by atoms with van der Waals surface area (Å²) in [5, 5.41) is 2.38. The van der Waals surface area contributed by atoms with E-state index in [9.17, 15) is 0 Å². The van der Waals surface area contributed by atoms with Crippen LogP contribution in [-0.2, 0) is 7.05 Å². The Balaban J connectivity index is 2.55. The molecule has 0 N–H and O–H groups in total. The predicted molar refractivity (Wildman–Crippen MR) is 71.4 cm³/mol. The molecular weight excluding hydrogens is 208 g/mol. The minimum atomic E-state index is 0.700. The predicted octanol–water partition coefficient (Wildman–Crippen LogP) is 4.19. The van der Waals surface area contributed by atoms with E-state index in [1.54, 1.807) is 0 Å². The zero-order chi connectivity index (χ0) is 12.0. The lowest BCUT2D eigenvalue weighted by Gasteiger charge is -1.98. The highest BCUT2D eigenvalue weighted by molar-refractivity contribution is 6.09. The molecule has 0 aliphatic heterocycles. The van der Waals surface area contributed by atoms with E-state index in [1.807, 2.05) is 18.2 Å². The summed E-state index contributed by atoms with van der Waals surface area (Å²) in [6, 6.07) is 12.3. The molecule has 2 nitrogen and oxygen atoms in total. The average molecular weight is 220 g/mol. The molecule has 0 aliphatic carbocycles. The van der Waals surface area contributed by atoms with Crippen molar-refractivity contribution in [1.82, 2.24) is 4.57 Å². The molecule has 0 bridgehead atoms. The first-order valence-corrected chi connectivity index (χ1v) is 5.57. The molecule has 0 unspecified atom stereocenters. The third-order valence-corrected chi connectivity index (χ3v) is 3.28. The number of hydrogen-bond acceptors (Lipinski definition) is 0. The van der Waals surface area contributed by atoms with E-state index in [1.165, 1.54) is 22.0 Å². The number of hydrogen-bond donors (Lipinski definition) is 0. The van der Waals surface area contributed by atoms with Crippen molar-refractivity contribution in [2.24, 2.45) is 7.05 Å². The zero-order valence-corrected chi connectivity index (χ0v) is 9.86. The lowest BCUT2D eigenvalue weighted by Crippen LogP contribution is -1.86. The normalized spacial score (nSPS) is 10.9. The second-order valence-corrected chi connectivity index (χ2v) is 4.39. The van der Waals surface area contributed by atoms with Crippen molar-refractivity contribution in [2.75, 3.05) is 0 Å². The summed E-state index contributed by atoms with van der Waals surface area (Å²) in [6.07, 6.45) is 0. The maximum absolute atomic E-state index is 7.09. The van der Waals surface area contributed by atoms with Crippen LogP contribution in [0, 0.1) is 13.5 Å². The lowest BCUT2D eigenvalue weighted by molar-refractivity contribution is 1.01. The molecule has 1 heterocycles. The van der Waals surface area contributed by atoms with Gasteiger partial charge in [0.1, 0.15) is 0 Å². The van der Waals surface area contributed by atoms with Crippen LogP contribution in [0.3, 0.4) is 0 Å². The van der Waals surface area contributed by atoms with Gasteiger partial charge in [-0.1, -0.05) is 18.2 Å². The van der Waals surface area contributed by atoms with E-state index in [2.05, 4.69) is 41.6 Å². The quantitative estimate of drug-likeness (QED) is 0.502. The molecule has 0 saturated heterocycles. The minimum Gasteiger partial charge on any atom is -0.344 e. The molecule has 82 valence electrons. The molecule has 0 spiro atoms.